The van der Waals surface area contributed by atoms with Crippen LogP contribution < -0.4 is 14.2 Å². The Kier molecular flexibility index (Phi) is 6.03. The molecule has 2 aromatic heterocycles. The van der Waals surface area contributed by atoms with E-state index < -0.39 is 0 Å². The maximum atomic E-state index is 12.5. The third-order valence-electron chi connectivity index (χ3n) is 4.64. The van der Waals surface area contributed by atoms with Gasteiger partial charge in [0.25, 0.3) is 0 Å². The molecule has 31 heavy (non-hydrogen) atoms. The topological polar surface area (TPSA) is 87.8 Å². The lowest BCUT2D eigenvalue weighted by molar-refractivity contribution is 0.102. The van der Waals surface area contributed by atoms with E-state index >= 15 is 0 Å². The van der Waals surface area contributed by atoms with E-state index in [0.717, 1.165) is 5.56 Å². The molecular weight excluding hydrogens is 416 g/mol. The molecule has 0 saturated carbocycles. The summed E-state index contributed by atoms with van der Waals surface area (Å²) in [6, 6.07) is 16.2. The van der Waals surface area contributed by atoms with Crippen molar-refractivity contribution in [1.82, 2.24) is 19.8 Å². The summed E-state index contributed by atoms with van der Waals surface area (Å²) in [6.45, 7) is 0. The fourth-order valence-corrected chi connectivity index (χ4v) is 3.75. The number of rotatable bonds is 8. The van der Waals surface area contributed by atoms with Crippen LogP contribution in [0.15, 0.2) is 59.6 Å². The molecule has 9 heteroatoms. The Bertz CT molecular complexity index is 1220. The number of benzene rings is 2. The largest absolute Gasteiger partial charge is 0.497 e. The quantitative estimate of drug-likeness (QED) is 0.305. The van der Waals surface area contributed by atoms with Crippen LogP contribution in [0.3, 0.4) is 0 Å². The van der Waals surface area contributed by atoms with E-state index in [1.165, 1.54) is 11.8 Å². The molecule has 0 aliphatic heterocycles. The molecule has 2 heterocycles. The fraction of sp³-hybridized carbons (Fsp3) is 0.182. The molecule has 0 radical (unpaired) electrons. The van der Waals surface area contributed by atoms with Crippen LogP contribution in [0.1, 0.15) is 10.4 Å². The third-order valence-corrected chi connectivity index (χ3v) is 5.56. The highest BCUT2D eigenvalue weighted by Gasteiger charge is 2.14. The summed E-state index contributed by atoms with van der Waals surface area (Å²) in [5.41, 5.74) is 2.02. The van der Waals surface area contributed by atoms with Gasteiger partial charge in [0.05, 0.1) is 27.1 Å². The second kappa shape index (κ2) is 9.05. The van der Waals surface area contributed by atoms with E-state index in [2.05, 4.69) is 15.3 Å². The Morgan fingerprint density at radius 3 is 2.39 bits per heavy atom. The number of nitrogens with zero attached hydrogens (tertiary/aromatic N) is 4. The number of aromatic nitrogens is 4. The number of carbonyl (C=O) groups excluding carboxylic acids is 1. The van der Waals surface area contributed by atoms with Crippen molar-refractivity contribution in [3.05, 3.63) is 60.2 Å². The van der Waals surface area contributed by atoms with E-state index in [9.17, 15) is 4.79 Å². The molecule has 4 rings (SSSR count). The lowest BCUT2D eigenvalue weighted by Crippen LogP contribution is -2.03. The summed E-state index contributed by atoms with van der Waals surface area (Å²) in [5.74, 6) is 2.78. The second-order valence-corrected chi connectivity index (χ2v) is 7.47. The molecule has 4 aromatic rings. The van der Waals surface area contributed by atoms with Gasteiger partial charge in [-0.05, 0) is 54.6 Å². The Morgan fingerprint density at radius 1 is 0.903 bits per heavy atom. The summed E-state index contributed by atoms with van der Waals surface area (Å²) < 4.78 is 17.5. The van der Waals surface area contributed by atoms with Gasteiger partial charge in [-0.15, -0.1) is 10.2 Å². The van der Waals surface area contributed by atoms with Crippen LogP contribution in [0.5, 0.6) is 17.2 Å². The minimum atomic E-state index is 0.0124. The summed E-state index contributed by atoms with van der Waals surface area (Å²) in [4.78, 5) is 12.5. The number of carbonyl (C=O) groups is 1. The standard InChI is InChI=1S/C22H20N4O4S/c1-28-16-7-4-14(5-8-16)17(27)13-31-21-11-10-20-23-24-22(26(20)25-21)15-6-9-18(29-2)19(12-15)30-3/h4-12H,13H2,1-3H3. The number of hydrogen-bond acceptors (Lipinski definition) is 8. The van der Waals surface area contributed by atoms with Crippen molar-refractivity contribution in [2.24, 2.45) is 0 Å². The summed E-state index contributed by atoms with van der Waals surface area (Å²) in [7, 11) is 4.76. The van der Waals surface area contributed by atoms with Crippen LogP contribution in [-0.4, -0.2) is 52.7 Å². The normalized spacial score (nSPS) is 10.8. The molecule has 2 aromatic carbocycles. The van der Waals surface area contributed by atoms with Crippen molar-refractivity contribution in [3.63, 3.8) is 0 Å². The maximum Gasteiger partial charge on any atom is 0.185 e. The zero-order chi connectivity index (χ0) is 21.8. The minimum absolute atomic E-state index is 0.0124. The van der Waals surface area contributed by atoms with Gasteiger partial charge in [-0.1, -0.05) is 11.8 Å². The Morgan fingerprint density at radius 2 is 1.68 bits per heavy atom. The van der Waals surface area contributed by atoms with Crippen LogP contribution in [0.2, 0.25) is 0 Å². The summed E-state index contributed by atoms with van der Waals surface area (Å²) >= 11 is 1.36. The first-order valence-corrected chi connectivity index (χ1v) is 10.4. The van der Waals surface area contributed by atoms with E-state index in [1.54, 1.807) is 56.2 Å². The highest BCUT2D eigenvalue weighted by molar-refractivity contribution is 7.99. The average Bonchev–Trinajstić information content (AvgIpc) is 3.25. The summed E-state index contributed by atoms with van der Waals surface area (Å²) in [5, 5.41) is 13.8. The number of fused-ring (bicyclic) bond motifs is 1. The van der Waals surface area contributed by atoms with Gasteiger partial charge >= 0.3 is 0 Å². The SMILES string of the molecule is COc1ccc(C(=O)CSc2ccc3nnc(-c4ccc(OC)c(OC)c4)n3n2)cc1. The van der Waals surface area contributed by atoms with Crippen molar-refractivity contribution >= 4 is 23.2 Å². The smallest absolute Gasteiger partial charge is 0.185 e. The van der Waals surface area contributed by atoms with Crippen LogP contribution in [-0.2, 0) is 0 Å². The zero-order valence-electron chi connectivity index (χ0n) is 17.2. The molecule has 0 fully saturated rings. The van der Waals surface area contributed by atoms with Crippen molar-refractivity contribution in [2.75, 3.05) is 27.1 Å². The second-order valence-electron chi connectivity index (χ2n) is 6.48. The van der Waals surface area contributed by atoms with Crippen LogP contribution in [0, 0.1) is 0 Å². The van der Waals surface area contributed by atoms with Crippen molar-refractivity contribution in [2.45, 2.75) is 5.03 Å². The highest BCUT2D eigenvalue weighted by Crippen LogP contribution is 2.31. The molecule has 158 valence electrons. The number of Topliss-reactive ketones (excluding diaryl/α,β-unsaturated/α-hetero) is 1. The molecule has 0 aliphatic rings. The Labute approximate surface area is 183 Å². The molecule has 0 bridgehead atoms. The van der Waals surface area contributed by atoms with E-state index in [-0.39, 0.29) is 11.5 Å². The Hall–Kier alpha value is -3.59. The molecule has 0 unspecified atom stereocenters. The molecule has 0 spiro atoms. The van der Waals surface area contributed by atoms with Gasteiger partial charge in [-0.25, -0.2) is 0 Å². The van der Waals surface area contributed by atoms with Gasteiger partial charge in [0.1, 0.15) is 10.8 Å². The van der Waals surface area contributed by atoms with E-state index in [0.29, 0.717) is 39.3 Å². The number of thioether (sulfide) groups is 1. The summed E-state index contributed by atoms with van der Waals surface area (Å²) in [6.07, 6.45) is 0. The van der Waals surface area contributed by atoms with Gasteiger partial charge in [-0.2, -0.15) is 9.61 Å². The van der Waals surface area contributed by atoms with Gasteiger partial charge < -0.3 is 14.2 Å². The third kappa shape index (κ3) is 4.31. The first-order valence-electron chi connectivity index (χ1n) is 9.38. The highest BCUT2D eigenvalue weighted by atomic mass is 32.2. The van der Waals surface area contributed by atoms with Crippen LogP contribution >= 0.6 is 11.8 Å². The molecule has 0 saturated heterocycles. The monoisotopic (exact) mass is 436 g/mol. The lowest BCUT2D eigenvalue weighted by Gasteiger charge is -2.09. The lowest BCUT2D eigenvalue weighted by atomic mass is 10.1. The predicted octanol–water partition coefficient (Wildman–Crippen LogP) is 3.79. The van der Waals surface area contributed by atoms with Crippen molar-refractivity contribution < 1.29 is 19.0 Å². The predicted molar refractivity (Wildman–Crippen MR) is 117 cm³/mol. The molecular formula is C22H20N4O4S. The number of ketones is 1. The van der Waals surface area contributed by atoms with Gasteiger partial charge in [0.2, 0.25) is 0 Å². The van der Waals surface area contributed by atoms with E-state index in [4.69, 9.17) is 14.2 Å². The minimum Gasteiger partial charge on any atom is -0.497 e. The maximum absolute atomic E-state index is 12.5. The first kappa shape index (κ1) is 20.7. The fourth-order valence-electron chi connectivity index (χ4n) is 3.00. The molecule has 0 atom stereocenters. The van der Waals surface area contributed by atoms with Crippen molar-refractivity contribution in [1.29, 1.82) is 0 Å². The van der Waals surface area contributed by atoms with Gasteiger partial charge in [-0.3, -0.25) is 4.79 Å². The van der Waals surface area contributed by atoms with Crippen LogP contribution in [0.4, 0.5) is 0 Å². The first-order chi connectivity index (χ1) is 15.1. The van der Waals surface area contributed by atoms with Crippen LogP contribution in [0.25, 0.3) is 17.0 Å². The molecule has 0 N–H and O–H groups in total. The number of hydrogen-bond donors (Lipinski definition) is 0. The van der Waals surface area contributed by atoms with Gasteiger partial charge in [0.15, 0.2) is 28.8 Å². The molecule has 0 aliphatic carbocycles. The zero-order valence-corrected chi connectivity index (χ0v) is 18.0. The van der Waals surface area contributed by atoms with Crippen molar-refractivity contribution in [3.8, 4) is 28.6 Å². The number of ether oxygens (including phenoxy) is 3. The molecule has 0 amide bonds. The molecule has 8 nitrogen and oxygen atoms in total. The van der Waals surface area contributed by atoms with E-state index in [1.807, 2.05) is 24.3 Å². The van der Waals surface area contributed by atoms with Gasteiger partial charge in [0, 0.05) is 11.1 Å². The Balaban J connectivity index is 1.56. The average molecular weight is 436 g/mol. The number of methoxy groups -OCH3 is 3.